The normalized spacial score (nSPS) is 16.8. The lowest BCUT2D eigenvalue weighted by molar-refractivity contribution is -0.120. The fourth-order valence-electron chi connectivity index (χ4n) is 2.83. The number of hydrogen-bond acceptors (Lipinski definition) is 4. The molecule has 1 saturated heterocycles. The van der Waals surface area contributed by atoms with Gasteiger partial charge < -0.3 is 10.1 Å². The molecule has 1 heterocycles. The van der Waals surface area contributed by atoms with Gasteiger partial charge in [-0.3, -0.25) is 4.79 Å². The smallest absolute Gasteiger partial charge is 0.227 e. The van der Waals surface area contributed by atoms with Crippen LogP contribution in [0.15, 0.2) is 24.3 Å². The van der Waals surface area contributed by atoms with E-state index in [0.29, 0.717) is 43.8 Å². The number of amides is 1. The van der Waals surface area contributed by atoms with Gasteiger partial charge in [-0.05, 0) is 31.4 Å². The Morgan fingerprint density at radius 2 is 1.96 bits per heavy atom. The number of methoxy groups -OCH3 is 1. The second kappa shape index (κ2) is 8.48. The number of piperidine rings is 1. The molecule has 0 aliphatic carbocycles. The number of benzene rings is 1. The van der Waals surface area contributed by atoms with Gasteiger partial charge in [-0.1, -0.05) is 25.5 Å². The number of nitrogens with one attached hydrogen (secondary N) is 1. The maximum Gasteiger partial charge on any atom is 0.227 e. The fraction of sp³-hybridized carbons (Fsp3) is 0.588. The van der Waals surface area contributed by atoms with Gasteiger partial charge in [0.25, 0.3) is 0 Å². The third kappa shape index (κ3) is 4.70. The molecular formula is C17H26N2O4S. The summed E-state index contributed by atoms with van der Waals surface area (Å²) in [6.07, 6.45) is 2.63. The van der Waals surface area contributed by atoms with Crippen LogP contribution in [0.1, 0.15) is 32.6 Å². The summed E-state index contributed by atoms with van der Waals surface area (Å²) in [7, 11) is -1.62. The van der Waals surface area contributed by atoms with Crippen molar-refractivity contribution in [2.45, 2.75) is 32.6 Å². The minimum atomic E-state index is -3.18. The minimum absolute atomic E-state index is 0.0786. The van der Waals surface area contributed by atoms with E-state index < -0.39 is 10.0 Å². The molecule has 0 saturated carbocycles. The average molecular weight is 354 g/mol. The van der Waals surface area contributed by atoms with Gasteiger partial charge in [0.2, 0.25) is 15.9 Å². The second-order valence-corrected chi connectivity index (χ2v) is 8.12. The Labute approximate surface area is 144 Å². The molecule has 0 aromatic heterocycles. The van der Waals surface area contributed by atoms with E-state index >= 15 is 0 Å². The van der Waals surface area contributed by atoms with Crippen LogP contribution in [0.3, 0.4) is 0 Å². The van der Waals surface area contributed by atoms with Crippen molar-refractivity contribution in [1.29, 1.82) is 0 Å². The molecular weight excluding hydrogens is 328 g/mol. The van der Waals surface area contributed by atoms with Crippen molar-refractivity contribution in [3.63, 3.8) is 0 Å². The highest BCUT2D eigenvalue weighted by atomic mass is 32.2. The summed E-state index contributed by atoms with van der Waals surface area (Å²) in [6, 6.07) is 7.26. The molecule has 0 unspecified atom stereocenters. The van der Waals surface area contributed by atoms with Gasteiger partial charge in [0.15, 0.2) is 0 Å². The Hall–Kier alpha value is -1.60. The van der Waals surface area contributed by atoms with Gasteiger partial charge in [-0.25, -0.2) is 12.7 Å². The molecule has 0 atom stereocenters. The Bertz CT molecular complexity index is 652. The van der Waals surface area contributed by atoms with Crippen LogP contribution >= 0.6 is 0 Å². The maximum atomic E-state index is 12.4. The molecule has 0 bridgehead atoms. The summed E-state index contributed by atoms with van der Waals surface area (Å²) >= 11 is 0. The lowest BCUT2D eigenvalue weighted by Crippen LogP contribution is -2.42. The van der Waals surface area contributed by atoms with Crippen molar-refractivity contribution in [2.24, 2.45) is 5.92 Å². The van der Waals surface area contributed by atoms with Crippen LogP contribution in [0.4, 0.5) is 5.69 Å². The predicted molar refractivity (Wildman–Crippen MR) is 94.6 cm³/mol. The number of rotatable bonds is 7. The molecule has 1 amide bonds. The van der Waals surface area contributed by atoms with Crippen molar-refractivity contribution in [2.75, 3.05) is 31.3 Å². The Morgan fingerprint density at radius 3 is 2.58 bits per heavy atom. The number of sulfonamides is 1. The van der Waals surface area contributed by atoms with Gasteiger partial charge >= 0.3 is 0 Å². The molecule has 1 fully saturated rings. The number of anilines is 1. The number of carbonyl (C=O) groups excluding carboxylic acids is 1. The fourth-order valence-corrected chi connectivity index (χ4v) is 4.51. The van der Waals surface area contributed by atoms with Crippen molar-refractivity contribution < 1.29 is 17.9 Å². The number of para-hydroxylation sites is 2. The Balaban J connectivity index is 1.91. The third-order valence-electron chi connectivity index (χ3n) is 4.34. The van der Waals surface area contributed by atoms with E-state index in [1.165, 1.54) is 4.31 Å². The van der Waals surface area contributed by atoms with E-state index in [4.69, 9.17) is 4.74 Å². The van der Waals surface area contributed by atoms with E-state index in [0.717, 1.165) is 6.42 Å². The van der Waals surface area contributed by atoms with Crippen LogP contribution in [-0.4, -0.2) is 44.6 Å². The first-order valence-corrected chi connectivity index (χ1v) is 10.0. The molecule has 7 heteroatoms. The second-order valence-electron chi connectivity index (χ2n) is 6.03. The van der Waals surface area contributed by atoms with E-state index in [2.05, 4.69) is 5.32 Å². The topological polar surface area (TPSA) is 75.7 Å². The summed E-state index contributed by atoms with van der Waals surface area (Å²) in [4.78, 5) is 12.4. The molecule has 134 valence electrons. The van der Waals surface area contributed by atoms with Gasteiger partial charge in [0.05, 0.1) is 18.6 Å². The first kappa shape index (κ1) is 18.7. The summed E-state index contributed by atoms with van der Waals surface area (Å²) in [5, 5.41) is 2.89. The van der Waals surface area contributed by atoms with Crippen molar-refractivity contribution in [3.8, 4) is 5.75 Å². The molecule has 1 aliphatic heterocycles. The molecule has 1 N–H and O–H groups in total. The van der Waals surface area contributed by atoms with Gasteiger partial charge in [0, 0.05) is 19.0 Å². The van der Waals surface area contributed by atoms with Crippen LogP contribution < -0.4 is 10.1 Å². The highest BCUT2D eigenvalue weighted by Gasteiger charge is 2.30. The third-order valence-corrected chi connectivity index (χ3v) is 6.30. The highest BCUT2D eigenvalue weighted by molar-refractivity contribution is 7.89. The Morgan fingerprint density at radius 1 is 1.29 bits per heavy atom. The van der Waals surface area contributed by atoms with Gasteiger partial charge in [-0.15, -0.1) is 0 Å². The number of ether oxygens (including phenoxy) is 1. The lowest BCUT2D eigenvalue weighted by Gasteiger charge is -2.30. The zero-order chi connectivity index (χ0) is 17.6. The molecule has 1 aromatic rings. The predicted octanol–water partition coefficient (Wildman–Crippen LogP) is 2.48. The average Bonchev–Trinajstić information content (AvgIpc) is 2.60. The maximum absolute atomic E-state index is 12.4. The standard InChI is InChI=1S/C17H26N2O4S/c1-3-4-13-24(21,22)19-11-9-14(10-12-19)17(20)18-15-7-5-6-8-16(15)23-2/h5-8,14H,3-4,9-13H2,1-2H3,(H,18,20). The summed E-state index contributed by atoms with van der Waals surface area (Å²) in [5.41, 5.74) is 0.642. The van der Waals surface area contributed by atoms with Gasteiger partial charge in [-0.2, -0.15) is 0 Å². The molecule has 6 nitrogen and oxygen atoms in total. The lowest BCUT2D eigenvalue weighted by atomic mass is 9.97. The van der Waals surface area contributed by atoms with Crippen LogP contribution in [0.25, 0.3) is 0 Å². The van der Waals surface area contributed by atoms with Crippen LogP contribution in [0.5, 0.6) is 5.75 Å². The zero-order valence-electron chi connectivity index (χ0n) is 14.3. The zero-order valence-corrected chi connectivity index (χ0v) is 15.1. The largest absolute Gasteiger partial charge is 0.495 e. The molecule has 0 radical (unpaired) electrons. The number of unbranched alkanes of at least 4 members (excludes halogenated alkanes) is 1. The molecule has 0 spiro atoms. The number of hydrogen-bond donors (Lipinski definition) is 1. The summed E-state index contributed by atoms with van der Waals surface area (Å²) < 4.78 is 31.2. The van der Waals surface area contributed by atoms with Crippen LogP contribution in [-0.2, 0) is 14.8 Å². The quantitative estimate of drug-likeness (QED) is 0.816. The van der Waals surface area contributed by atoms with Crippen molar-refractivity contribution in [1.82, 2.24) is 4.31 Å². The van der Waals surface area contributed by atoms with Gasteiger partial charge in [0.1, 0.15) is 5.75 Å². The van der Waals surface area contributed by atoms with E-state index in [1.54, 1.807) is 19.2 Å². The van der Waals surface area contributed by atoms with Crippen LogP contribution in [0, 0.1) is 5.92 Å². The minimum Gasteiger partial charge on any atom is -0.495 e. The van der Waals surface area contributed by atoms with E-state index in [-0.39, 0.29) is 17.6 Å². The molecule has 1 aliphatic rings. The highest BCUT2D eigenvalue weighted by Crippen LogP contribution is 2.26. The van der Waals surface area contributed by atoms with E-state index in [1.807, 2.05) is 19.1 Å². The number of nitrogens with zero attached hydrogens (tertiary/aromatic N) is 1. The Kier molecular flexibility index (Phi) is 6.62. The molecule has 24 heavy (non-hydrogen) atoms. The number of carbonyl (C=O) groups is 1. The summed E-state index contributed by atoms with van der Waals surface area (Å²) in [6.45, 7) is 2.80. The molecule has 2 rings (SSSR count). The van der Waals surface area contributed by atoms with E-state index in [9.17, 15) is 13.2 Å². The van der Waals surface area contributed by atoms with Crippen molar-refractivity contribution in [3.05, 3.63) is 24.3 Å². The van der Waals surface area contributed by atoms with Crippen molar-refractivity contribution >= 4 is 21.6 Å². The monoisotopic (exact) mass is 354 g/mol. The SMILES string of the molecule is CCCCS(=O)(=O)N1CCC(C(=O)Nc2ccccc2OC)CC1. The molecule has 1 aromatic carbocycles. The summed E-state index contributed by atoms with van der Waals surface area (Å²) in [5.74, 6) is 0.560. The first-order valence-electron chi connectivity index (χ1n) is 8.39. The first-order chi connectivity index (χ1) is 11.5. The van der Waals surface area contributed by atoms with Crippen LogP contribution in [0.2, 0.25) is 0 Å².